The van der Waals surface area contributed by atoms with Crippen molar-refractivity contribution in [2.45, 2.75) is 34.1 Å². The molecule has 0 aliphatic carbocycles. The van der Waals surface area contributed by atoms with Crippen LogP contribution in [0.5, 0.6) is 0 Å². The lowest BCUT2D eigenvalue weighted by Gasteiger charge is -2.15. The highest BCUT2D eigenvalue weighted by atomic mass is 15.1. The molecule has 4 nitrogen and oxygen atoms in total. The van der Waals surface area contributed by atoms with Crippen molar-refractivity contribution in [1.82, 2.24) is 9.97 Å². The molecule has 0 atom stereocenters. The van der Waals surface area contributed by atoms with E-state index in [1.54, 1.807) is 6.33 Å². The summed E-state index contributed by atoms with van der Waals surface area (Å²) in [7, 11) is 0. The zero-order chi connectivity index (χ0) is 14.5. The van der Waals surface area contributed by atoms with Gasteiger partial charge in [-0.05, 0) is 44.4 Å². The summed E-state index contributed by atoms with van der Waals surface area (Å²) in [5.41, 5.74) is 4.66. The van der Waals surface area contributed by atoms with Gasteiger partial charge in [-0.3, -0.25) is 0 Å². The molecule has 1 heterocycles. The first kappa shape index (κ1) is 14.3. The van der Waals surface area contributed by atoms with Gasteiger partial charge in [0.15, 0.2) is 0 Å². The van der Waals surface area contributed by atoms with Crippen molar-refractivity contribution in [1.29, 1.82) is 0 Å². The maximum Gasteiger partial charge on any atom is 0.139 e. The standard InChI is InChI=1S/C16H22N4/c1-5-13-15(17-6-2)18-10-19-16(13)20-14-9-11(3)7-8-12(14)4/h7-10H,5-6H2,1-4H3,(H2,17,18,19,20). The third-order valence-electron chi connectivity index (χ3n) is 3.29. The minimum Gasteiger partial charge on any atom is -0.370 e. The predicted molar refractivity (Wildman–Crippen MR) is 84.8 cm³/mol. The smallest absolute Gasteiger partial charge is 0.139 e. The number of hydrogen-bond donors (Lipinski definition) is 2. The highest BCUT2D eigenvalue weighted by Gasteiger charge is 2.10. The lowest BCUT2D eigenvalue weighted by Crippen LogP contribution is -2.07. The third-order valence-corrected chi connectivity index (χ3v) is 3.29. The van der Waals surface area contributed by atoms with Crippen LogP contribution in [0, 0.1) is 13.8 Å². The number of aryl methyl sites for hydroxylation is 2. The van der Waals surface area contributed by atoms with Crippen LogP contribution in [0.1, 0.15) is 30.5 Å². The predicted octanol–water partition coefficient (Wildman–Crippen LogP) is 3.83. The van der Waals surface area contributed by atoms with Gasteiger partial charge in [-0.25, -0.2) is 9.97 Å². The van der Waals surface area contributed by atoms with Gasteiger partial charge in [0.05, 0.1) is 0 Å². The number of hydrogen-bond acceptors (Lipinski definition) is 4. The summed E-state index contributed by atoms with van der Waals surface area (Å²) in [4.78, 5) is 8.72. The highest BCUT2D eigenvalue weighted by Crippen LogP contribution is 2.26. The molecule has 0 spiro atoms. The van der Waals surface area contributed by atoms with Crippen LogP contribution in [0.4, 0.5) is 17.3 Å². The van der Waals surface area contributed by atoms with E-state index in [2.05, 4.69) is 66.5 Å². The monoisotopic (exact) mass is 270 g/mol. The van der Waals surface area contributed by atoms with E-state index in [0.717, 1.165) is 35.9 Å². The molecular formula is C16H22N4. The van der Waals surface area contributed by atoms with Crippen LogP contribution in [-0.2, 0) is 6.42 Å². The molecule has 106 valence electrons. The second-order valence-corrected chi connectivity index (χ2v) is 4.88. The van der Waals surface area contributed by atoms with E-state index in [-0.39, 0.29) is 0 Å². The Morgan fingerprint density at radius 3 is 2.50 bits per heavy atom. The minimum absolute atomic E-state index is 0.854. The molecule has 1 aromatic heterocycles. The number of rotatable bonds is 5. The van der Waals surface area contributed by atoms with E-state index in [1.165, 1.54) is 11.1 Å². The third kappa shape index (κ3) is 3.07. The molecule has 2 rings (SSSR count). The van der Waals surface area contributed by atoms with Crippen molar-refractivity contribution in [2.75, 3.05) is 17.2 Å². The first-order valence-corrected chi connectivity index (χ1v) is 7.07. The molecule has 0 saturated heterocycles. The van der Waals surface area contributed by atoms with Crippen LogP contribution in [0.25, 0.3) is 0 Å². The Morgan fingerprint density at radius 2 is 1.80 bits per heavy atom. The second kappa shape index (κ2) is 6.37. The maximum atomic E-state index is 4.40. The lowest BCUT2D eigenvalue weighted by atomic mass is 10.1. The van der Waals surface area contributed by atoms with E-state index in [1.807, 2.05) is 0 Å². The quantitative estimate of drug-likeness (QED) is 0.867. The molecule has 0 unspecified atom stereocenters. The van der Waals surface area contributed by atoms with Gasteiger partial charge in [0.1, 0.15) is 18.0 Å². The maximum absolute atomic E-state index is 4.40. The Bertz CT molecular complexity index is 593. The van der Waals surface area contributed by atoms with Gasteiger partial charge < -0.3 is 10.6 Å². The zero-order valence-electron chi connectivity index (χ0n) is 12.6. The average molecular weight is 270 g/mol. The minimum atomic E-state index is 0.854. The van der Waals surface area contributed by atoms with Gasteiger partial charge in [-0.1, -0.05) is 19.1 Å². The first-order valence-electron chi connectivity index (χ1n) is 7.07. The summed E-state index contributed by atoms with van der Waals surface area (Å²) >= 11 is 0. The van der Waals surface area contributed by atoms with Crippen LogP contribution in [0.3, 0.4) is 0 Å². The Morgan fingerprint density at radius 1 is 1.05 bits per heavy atom. The van der Waals surface area contributed by atoms with Gasteiger partial charge in [-0.2, -0.15) is 0 Å². The number of nitrogens with one attached hydrogen (secondary N) is 2. The normalized spacial score (nSPS) is 10.4. The molecule has 4 heteroatoms. The topological polar surface area (TPSA) is 49.8 Å². The molecule has 0 aliphatic rings. The molecule has 2 N–H and O–H groups in total. The molecule has 0 radical (unpaired) electrons. The highest BCUT2D eigenvalue weighted by molar-refractivity contribution is 5.67. The molecule has 0 aliphatic heterocycles. The molecule has 20 heavy (non-hydrogen) atoms. The summed E-state index contributed by atoms with van der Waals surface area (Å²) in [6.45, 7) is 9.23. The number of anilines is 3. The SMILES string of the molecule is CCNc1ncnc(Nc2cc(C)ccc2C)c1CC. The van der Waals surface area contributed by atoms with E-state index in [9.17, 15) is 0 Å². The summed E-state index contributed by atoms with van der Waals surface area (Å²) in [5.74, 6) is 1.80. The first-order chi connectivity index (χ1) is 9.65. The molecule has 2 aromatic rings. The number of aromatic nitrogens is 2. The van der Waals surface area contributed by atoms with Crippen LogP contribution in [0.15, 0.2) is 24.5 Å². The largest absolute Gasteiger partial charge is 0.370 e. The van der Waals surface area contributed by atoms with Crippen molar-refractivity contribution >= 4 is 17.3 Å². The van der Waals surface area contributed by atoms with E-state index >= 15 is 0 Å². The van der Waals surface area contributed by atoms with Crippen molar-refractivity contribution in [3.8, 4) is 0 Å². The summed E-state index contributed by atoms with van der Waals surface area (Å²) in [6, 6.07) is 6.38. The molecule has 0 fully saturated rings. The summed E-state index contributed by atoms with van der Waals surface area (Å²) < 4.78 is 0. The summed E-state index contributed by atoms with van der Waals surface area (Å²) in [6.07, 6.45) is 2.49. The van der Waals surface area contributed by atoms with E-state index in [0.29, 0.717) is 0 Å². The van der Waals surface area contributed by atoms with E-state index in [4.69, 9.17) is 0 Å². The van der Waals surface area contributed by atoms with Gasteiger partial charge >= 0.3 is 0 Å². The van der Waals surface area contributed by atoms with Crippen LogP contribution in [-0.4, -0.2) is 16.5 Å². The van der Waals surface area contributed by atoms with Gasteiger partial charge in [0.2, 0.25) is 0 Å². The van der Waals surface area contributed by atoms with Crippen LogP contribution < -0.4 is 10.6 Å². The Balaban J connectivity index is 2.37. The molecular weight excluding hydrogens is 248 g/mol. The van der Waals surface area contributed by atoms with Crippen LogP contribution >= 0.6 is 0 Å². The van der Waals surface area contributed by atoms with Crippen molar-refractivity contribution in [2.24, 2.45) is 0 Å². The fourth-order valence-electron chi connectivity index (χ4n) is 2.17. The second-order valence-electron chi connectivity index (χ2n) is 4.88. The van der Waals surface area contributed by atoms with Gasteiger partial charge in [-0.15, -0.1) is 0 Å². The van der Waals surface area contributed by atoms with Gasteiger partial charge in [0.25, 0.3) is 0 Å². The molecule has 1 aromatic carbocycles. The average Bonchev–Trinajstić information content (AvgIpc) is 2.43. The summed E-state index contributed by atoms with van der Waals surface area (Å²) in [5, 5.41) is 6.73. The van der Waals surface area contributed by atoms with Crippen molar-refractivity contribution in [3.05, 3.63) is 41.2 Å². The molecule has 0 bridgehead atoms. The molecule has 0 amide bonds. The Labute approximate surface area is 120 Å². The Kier molecular flexibility index (Phi) is 4.56. The van der Waals surface area contributed by atoms with E-state index < -0.39 is 0 Å². The molecule has 0 saturated carbocycles. The lowest BCUT2D eigenvalue weighted by molar-refractivity contribution is 1.03. The number of benzene rings is 1. The number of nitrogens with zero attached hydrogens (tertiary/aromatic N) is 2. The van der Waals surface area contributed by atoms with Crippen molar-refractivity contribution < 1.29 is 0 Å². The fraction of sp³-hybridized carbons (Fsp3) is 0.375. The zero-order valence-corrected chi connectivity index (χ0v) is 12.6. The fourth-order valence-corrected chi connectivity index (χ4v) is 2.17. The van der Waals surface area contributed by atoms with Crippen LogP contribution in [0.2, 0.25) is 0 Å². The van der Waals surface area contributed by atoms with Crippen molar-refractivity contribution in [3.63, 3.8) is 0 Å². The van der Waals surface area contributed by atoms with Gasteiger partial charge in [0, 0.05) is 17.8 Å². The Hall–Kier alpha value is -2.10.